The molecule has 2 N–H and O–H groups in total. The average molecular weight is 237 g/mol. The van der Waals surface area contributed by atoms with Crippen LogP contribution in [0.2, 0.25) is 0 Å². The number of hydrogen-bond donors (Lipinski definition) is 2. The molecule has 1 aromatic heterocycles. The molecular weight excluding hydrogens is 222 g/mol. The van der Waals surface area contributed by atoms with E-state index in [2.05, 4.69) is 14.9 Å². The zero-order valence-electron chi connectivity index (χ0n) is 9.41. The van der Waals surface area contributed by atoms with Gasteiger partial charge in [-0.1, -0.05) is 0 Å². The molecule has 92 valence electrons. The van der Waals surface area contributed by atoms with Crippen LogP contribution < -0.4 is 4.90 Å². The van der Waals surface area contributed by atoms with E-state index >= 15 is 0 Å². The van der Waals surface area contributed by atoms with Gasteiger partial charge in [0.1, 0.15) is 5.82 Å². The number of aromatic nitrogens is 2. The van der Waals surface area contributed by atoms with E-state index in [1.807, 2.05) is 0 Å². The summed E-state index contributed by atoms with van der Waals surface area (Å²) in [4.78, 5) is 20.6. The van der Waals surface area contributed by atoms with Crippen molar-refractivity contribution in [3.63, 3.8) is 0 Å². The first-order valence-corrected chi connectivity index (χ1v) is 5.62. The maximum absolute atomic E-state index is 10.6. The van der Waals surface area contributed by atoms with Crippen molar-refractivity contribution in [1.82, 2.24) is 9.97 Å². The van der Waals surface area contributed by atoms with E-state index in [0.717, 1.165) is 25.9 Å². The summed E-state index contributed by atoms with van der Waals surface area (Å²) in [7, 11) is 0. The molecule has 1 aliphatic heterocycles. The van der Waals surface area contributed by atoms with Crippen molar-refractivity contribution in [2.24, 2.45) is 5.92 Å². The Morgan fingerprint density at radius 2 is 2.06 bits per heavy atom. The number of aromatic carboxylic acids is 1. The topological polar surface area (TPSA) is 86.5 Å². The molecule has 1 saturated heterocycles. The summed E-state index contributed by atoms with van der Waals surface area (Å²) in [6.07, 6.45) is 4.62. The number of piperidine rings is 1. The third kappa shape index (κ3) is 2.71. The molecule has 0 atom stereocenters. The molecule has 1 aliphatic rings. The minimum atomic E-state index is -1.07. The first-order chi connectivity index (χ1) is 8.20. The lowest BCUT2D eigenvalue weighted by molar-refractivity contribution is 0.0690. The summed E-state index contributed by atoms with van der Waals surface area (Å²) in [6.45, 7) is 1.89. The Morgan fingerprint density at radius 1 is 1.35 bits per heavy atom. The molecule has 1 aromatic rings. The van der Waals surface area contributed by atoms with E-state index in [1.165, 1.54) is 12.4 Å². The fourth-order valence-corrected chi connectivity index (χ4v) is 1.94. The zero-order valence-corrected chi connectivity index (χ0v) is 9.41. The molecule has 0 bridgehead atoms. The summed E-state index contributed by atoms with van der Waals surface area (Å²) in [5.41, 5.74) is -0.0426. The van der Waals surface area contributed by atoms with Gasteiger partial charge >= 0.3 is 5.97 Å². The molecule has 17 heavy (non-hydrogen) atoms. The Kier molecular flexibility index (Phi) is 3.53. The van der Waals surface area contributed by atoms with Crippen LogP contribution in [-0.2, 0) is 0 Å². The van der Waals surface area contributed by atoms with Gasteiger partial charge < -0.3 is 15.1 Å². The van der Waals surface area contributed by atoms with Gasteiger partial charge in [-0.25, -0.2) is 14.8 Å². The minimum Gasteiger partial charge on any atom is -0.476 e. The normalized spacial score (nSPS) is 17.1. The second kappa shape index (κ2) is 5.09. The number of hydrogen-bond acceptors (Lipinski definition) is 5. The van der Waals surface area contributed by atoms with Gasteiger partial charge in [-0.3, -0.25) is 0 Å². The van der Waals surface area contributed by atoms with Gasteiger partial charge in [-0.15, -0.1) is 0 Å². The highest BCUT2D eigenvalue weighted by atomic mass is 16.4. The molecule has 0 amide bonds. The van der Waals surface area contributed by atoms with E-state index in [1.54, 1.807) is 0 Å². The van der Waals surface area contributed by atoms with Crippen molar-refractivity contribution in [3.8, 4) is 0 Å². The second-order valence-corrected chi connectivity index (χ2v) is 4.18. The Labute approximate surface area is 98.9 Å². The van der Waals surface area contributed by atoms with E-state index < -0.39 is 5.97 Å². The van der Waals surface area contributed by atoms with Crippen molar-refractivity contribution < 1.29 is 15.0 Å². The maximum atomic E-state index is 10.6. The highest BCUT2D eigenvalue weighted by Gasteiger charge is 2.19. The minimum absolute atomic E-state index is 0.0426. The average Bonchev–Trinajstić information content (AvgIpc) is 2.39. The predicted octanol–water partition coefficient (Wildman–Crippen LogP) is 0.384. The molecule has 2 heterocycles. The number of rotatable bonds is 3. The zero-order chi connectivity index (χ0) is 12.3. The van der Waals surface area contributed by atoms with Crippen molar-refractivity contribution in [3.05, 3.63) is 18.1 Å². The lowest BCUT2D eigenvalue weighted by Crippen LogP contribution is -2.35. The molecule has 0 aliphatic carbocycles. The van der Waals surface area contributed by atoms with Crippen LogP contribution in [0.15, 0.2) is 12.4 Å². The largest absolute Gasteiger partial charge is 0.476 e. The number of aliphatic hydroxyl groups is 1. The fourth-order valence-electron chi connectivity index (χ4n) is 1.94. The summed E-state index contributed by atoms with van der Waals surface area (Å²) in [5.74, 6) is 0.00642. The molecule has 0 aromatic carbocycles. The molecule has 0 saturated carbocycles. The number of carbonyl (C=O) groups is 1. The Hall–Kier alpha value is -1.69. The van der Waals surface area contributed by atoms with Crippen LogP contribution in [0.25, 0.3) is 0 Å². The molecule has 2 rings (SSSR count). The summed E-state index contributed by atoms with van der Waals surface area (Å²) in [5, 5.41) is 17.7. The first kappa shape index (κ1) is 11.8. The third-order valence-electron chi connectivity index (χ3n) is 3.05. The van der Waals surface area contributed by atoms with E-state index in [0.29, 0.717) is 11.7 Å². The van der Waals surface area contributed by atoms with Crippen LogP contribution in [-0.4, -0.2) is 45.8 Å². The molecular formula is C11H15N3O3. The van der Waals surface area contributed by atoms with Crippen molar-refractivity contribution in [2.75, 3.05) is 24.6 Å². The van der Waals surface area contributed by atoms with Crippen LogP contribution >= 0.6 is 0 Å². The fraction of sp³-hybridized carbons (Fsp3) is 0.545. The summed E-state index contributed by atoms with van der Waals surface area (Å²) in [6, 6.07) is 0. The summed E-state index contributed by atoms with van der Waals surface area (Å²) >= 11 is 0. The van der Waals surface area contributed by atoms with Gasteiger partial charge in [0.2, 0.25) is 0 Å². The standard InChI is InChI=1S/C11H15N3O3/c15-7-8-1-3-14(4-2-8)10-6-12-9(5-13-10)11(16)17/h5-6,8,15H,1-4,7H2,(H,16,17). The Morgan fingerprint density at radius 3 is 2.53 bits per heavy atom. The molecule has 6 nitrogen and oxygen atoms in total. The molecule has 6 heteroatoms. The summed E-state index contributed by atoms with van der Waals surface area (Å²) < 4.78 is 0. The highest BCUT2D eigenvalue weighted by molar-refractivity contribution is 5.84. The molecule has 0 spiro atoms. The monoisotopic (exact) mass is 237 g/mol. The second-order valence-electron chi connectivity index (χ2n) is 4.18. The number of nitrogens with zero attached hydrogens (tertiary/aromatic N) is 3. The van der Waals surface area contributed by atoms with Crippen LogP contribution in [0.4, 0.5) is 5.82 Å². The number of anilines is 1. The van der Waals surface area contributed by atoms with Crippen LogP contribution in [0.3, 0.4) is 0 Å². The number of carboxylic acids is 1. The molecule has 0 unspecified atom stereocenters. The lowest BCUT2D eigenvalue weighted by Gasteiger charge is -2.31. The van der Waals surface area contributed by atoms with E-state index in [9.17, 15) is 4.79 Å². The highest BCUT2D eigenvalue weighted by Crippen LogP contribution is 2.20. The Bertz CT molecular complexity index is 385. The quantitative estimate of drug-likeness (QED) is 0.790. The van der Waals surface area contributed by atoms with Crippen molar-refractivity contribution in [1.29, 1.82) is 0 Å². The van der Waals surface area contributed by atoms with Gasteiger partial charge in [-0.2, -0.15) is 0 Å². The SMILES string of the molecule is O=C(O)c1cnc(N2CCC(CO)CC2)cn1. The maximum Gasteiger partial charge on any atom is 0.356 e. The number of aliphatic hydroxyl groups excluding tert-OH is 1. The van der Waals surface area contributed by atoms with E-state index in [-0.39, 0.29) is 12.3 Å². The van der Waals surface area contributed by atoms with Crippen molar-refractivity contribution >= 4 is 11.8 Å². The van der Waals surface area contributed by atoms with Gasteiger partial charge in [0.05, 0.1) is 12.4 Å². The van der Waals surface area contributed by atoms with Gasteiger partial charge in [0.25, 0.3) is 0 Å². The predicted molar refractivity (Wildman–Crippen MR) is 61.0 cm³/mol. The smallest absolute Gasteiger partial charge is 0.356 e. The number of carboxylic acid groups (broad SMARTS) is 1. The Balaban J connectivity index is 2.01. The third-order valence-corrected chi connectivity index (χ3v) is 3.05. The van der Waals surface area contributed by atoms with Crippen LogP contribution in [0.1, 0.15) is 23.3 Å². The van der Waals surface area contributed by atoms with E-state index in [4.69, 9.17) is 10.2 Å². The van der Waals surface area contributed by atoms with Crippen LogP contribution in [0, 0.1) is 5.92 Å². The van der Waals surface area contributed by atoms with Gasteiger partial charge in [-0.05, 0) is 18.8 Å². The lowest BCUT2D eigenvalue weighted by atomic mass is 9.98. The van der Waals surface area contributed by atoms with Gasteiger partial charge in [0, 0.05) is 19.7 Å². The first-order valence-electron chi connectivity index (χ1n) is 5.62. The van der Waals surface area contributed by atoms with Crippen molar-refractivity contribution in [2.45, 2.75) is 12.8 Å². The molecule has 0 radical (unpaired) electrons. The molecule has 1 fully saturated rings. The van der Waals surface area contributed by atoms with Crippen LogP contribution in [0.5, 0.6) is 0 Å². The van der Waals surface area contributed by atoms with Gasteiger partial charge in [0.15, 0.2) is 5.69 Å².